The molecule has 0 aliphatic rings. The van der Waals surface area contributed by atoms with Crippen LogP contribution in [0.25, 0.3) is 16.7 Å². The van der Waals surface area contributed by atoms with Gasteiger partial charge in [-0.3, -0.25) is 4.57 Å². The molecule has 0 bridgehead atoms. The Hall–Kier alpha value is -2.51. The molecule has 1 aromatic carbocycles. The highest BCUT2D eigenvalue weighted by Gasteiger charge is 2.36. The maximum atomic E-state index is 13.9. The van der Waals surface area contributed by atoms with Gasteiger partial charge in [0.15, 0.2) is 0 Å². The molecular weight excluding hydrogens is 300 g/mol. The molecule has 3 rings (SSSR count). The van der Waals surface area contributed by atoms with E-state index in [2.05, 4.69) is 15.0 Å². The number of halogens is 4. The maximum Gasteiger partial charge on any atom is 0.451 e. The molecule has 0 saturated carbocycles. The number of alkyl halides is 3. The van der Waals surface area contributed by atoms with Crippen LogP contribution >= 0.6 is 0 Å². The van der Waals surface area contributed by atoms with E-state index in [0.29, 0.717) is 12.2 Å². The fraction of sp³-hybridized carbons (Fsp3) is 0.214. The minimum Gasteiger partial charge on any atom is -0.287 e. The van der Waals surface area contributed by atoms with E-state index in [9.17, 15) is 17.6 Å². The van der Waals surface area contributed by atoms with Crippen LogP contribution in [-0.4, -0.2) is 19.5 Å². The lowest BCUT2D eigenvalue weighted by Crippen LogP contribution is -2.15. The van der Waals surface area contributed by atoms with Crippen molar-refractivity contribution in [3.8, 4) is 5.82 Å². The summed E-state index contributed by atoms with van der Waals surface area (Å²) in [6.07, 6.45) is -1.32. The molecule has 22 heavy (non-hydrogen) atoms. The van der Waals surface area contributed by atoms with E-state index in [-0.39, 0.29) is 16.7 Å². The summed E-state index contributed by atoms with van der Waals surface area (Å²) >= 11 is 0. The number of para-hydroxylation sites is 1. The van der Waals surface area contributed by atoms with Gasteiger partial charge in [0.2, 0.25) is 5.82 Å². The van der Waals surface area contributed by atoms with E-state index in [1.165, 1.54) is 29.1 Å². The summed E-state index contributed by atoms with van der Waals surface area (Å²) in [5.41, 5.74) is -0.365. The summed E-state index contributed by atoms with van der Waals surface area (Å²) in [5.74, 6) is -1.72. The van der Waals surface area contributed by atoms with Crippen molar-refractivity contribution < 1.29 is 17.6 Å². The second-order valence-electron chi connectivity index (χ2n) is 4.57. The van der Waals surface area contributed by atoms with Crippen LogP contribution in [-0.2, 0) is 12.6 Å². The lowest BCUT2D eigenvalue weighted by molar-refractivity contribution is -0.144. The Morgan fingerprint density at radius 3 is 2.64 bits per heavy atom. The van der Waals surface area contributed by atoms with Gasteiger partial charge in [-0.15, -0.1) is 0 Å². The summed E-state index contributed by atoms with van der Waals surface area (Å²) in [5, 5.41) is 0.195. The third-order valence-electron chi connectivity index (χ3n) is 3.17. The molecule has 3 aromatic rings. The van der Waals surface area contributed by atoms with Crippen LogP contribution in [0.2, 0.25) is 0 Å². The Bertz CT molecular complexity index is 838. The van der Waals surface area contributed by atoms with Gasteiger partial charge in [0.25, 0.3) is 0 Å². The monoisotopic (exact) mass is 310 g/mol. The van der Waals surface area contributed by atoms with Crippen LogP contribution in [0.1, 0.15) is 18.6 Å². The number of aromatic nitrogens is 4. The first-order valence-corrected chi connectivity index (χ1v) is 6.48. The lowest BCUT2D eigenvalue weighted by Gasteiger charge is -2.13. The zero-order chi connectivity index (χ0) is 15.9. The van der Waals surface area contributed by atoms with E-state index in [1.807, 2.05) is 6.92 Å². The van der Waals surface area contributed by atoms with E-state index >= 15 is 0 Å². The topological polar surface area (TPSA) is 43.6 Å². The normalized spacial score (nSPS) is 12.0. The van der Waals surface area contributed by atoms with E-state index < -0.39 is 17.8 Å². The number of fused-ring (bicyclic) bond motifs is 1. The van der Waals surface area contributed by atoms with Gasteiger partial charge in [0.05, 0.1) is 0 Å². The molecule has 0 atom stereocenters. The average Bonchev–Trinajstić information content (AvgIpc) is 2.94. The highest BCUT2D eigenvalue weighted by atomic mass is 19.4. The molecule has 0 saturated heterocycles. The summed E-state index contributed by atoms with van der Waals surface area (Å²) < 4.78 is 54.2. The first-order valence-electron chi connectivity index (χ1n) is 6.48. The van der Waals surface area contributed by atoms with Crippen molar-refractivity contribution in [3.63, 3.8) is 0 Å². The number of rotatable bonds is 2. The summed E-state index contributed by atoms with van der Waals surface area (Å²) in [6, 6.07) is 3.95. The molecule has 114 valence electrons. The molecule has 0 N–H and O–H groups in total. The Kier molecular flexibility index (Phi) is 3.31. The average molecular weight is 310 g/mol. The zero-order valence-electron chi connectivity index (χ0n) is 11.4. The molecule has 0 spiro atoms. The Labute approximate surface area is 122 Å². The highest BCUT2D eigenvalue weighted by Crippen LogP contribution is 2.30. The lowest BCUT2D eigenvalue weighted by atomic mass is 10.2. The van der Waals surface area contributed by atoms with Crippen LogP contribution < -0.4 is 0 Å². The van der Waals surface area contributed by atoms with Crippen molar-refractivity contribution in [1.29, 1.82) is 0 Å². The summed E-state index contributed by atoms with van der Waals surface area (Å²) in [6.45, 7) is 1.81. The third kappa shape index (κ3) is 2.30. The van der Waals surface area contributed by atoms with Gasteiger partial charge in [-0.2, -0.15) is 13.2 Å². The Morgan fingerprint density at radius 1 is 1.18 bits per heavy atom. The van der Waals surface area contributed by atoms with Crippen LogP contribution in [0.15, 0.2) is 30.6 Å². The molecule has 2 heterocycles. The van der Waals surface area contributed by atoms with E-state index in [1.54, 1.807) is 0 Å². The summed E-state index contributed by atoms with van der Waals surface area (Å²) in [4.78, 5) is 11.0. The van der Waals surface area contributed by atoms with Gasteiger partial charge < -0.3 is 0 Å². The molecule has 0 fully saturated rings. The Morgan fingerprint density at radius 2 is 1.95 bits per heavy atom. The molecule has 4 nitrogen and oxygen atoms in total. The van der Waals surface area contributed by atoms with Crippen molar-refractivity contribution in [2.45, 2.75) is 19.5 Å². The molecule has 0 unspecified atom stereocenters. The first kappa shape index (κ1) is 14.4. The molecule has 0 amide bonds. The van der Waals surface area contributed by atoms with Crippen molar-refractivity contribution in [3.05, 3.63) is 48.1 Å². The number of hydrogen-bond acceptors (Lipinski definition) is 3. The van der Waals surface area contributed by atoms with Crippen molar-refractivity contribution in [1.82, 2.24) is 19.5 Å². The van der Waals surface area contributed by atoms with Crippen molar-refractivity contribution in [2.24, 2.45) is 0 Å². The van der Waals surface area contributed by atoms with Gasteiger partial charge >= 0.3 is 6.18 Å². The SMILES string of the molecule is CCc1nccn1-c1nc(C(F)(F)F)nc2c(F)cccc12. The van der Waals surface area contributed by atoms with Gasteiger partial charge in [0.1, 0.15) is 23.0 Å². The van der Waals surface area contributed by atoms with E-state index in [4.69, 9.17) is 0 Å². The highest BCUT2D eigenvalue weighted by molar-refractivity contribution is 5.86. The molecular formula is C14H10F4N4. The summed E-state index contributed by atoms with van der Waals surface area (Å²) in [7, 11) is 0. The fourth-order valence-electron chi connectivity index (χ4n) is 2.20. The van der Waals surface area contributed by atoms with Gasteiger partial charge in [-0.1, -0.05) is 13.0 Å². The van der Waals surface area contributed by atoms with E-state index in [0.717, 1.165) is 6.07 Å². The minimum absolute atomic E-state index is 0.0359. The maximum absolute atomic E-state index is 13.9. The number of hydrogen-bond donors (Lipinski definition) is 0. The zero-order valence-corrected chi connectivity index (χ0v) is 11.4. The van der Waals surface area contributed by atoms with Crippen molar-refractivity contribution in [2.75, 3.05) is 0 Å². The van der Waals surface area contributed by atoms with Crippen LogP contribution in [0.4, 0.5) is 17.6 Å². The smallest absolute Gasteiger partial charge is 0.287 e. The van der Waals surface area contributed by atoms with Gasteiger partial charge in [-0.05, 0) is 12.1 Å². The number of aryl methyl sites for hydroxylation is 1. The van der Waals surface area contributed by atoms with Crippen molar-refractivity contribution >= 4 is 10.9 Å². The predicted octanol–water partition coefficient (Wildman–Crippen LogP) is 3.54. The van der Waals surface area contributed by atoms with Crippen LogP contribution in [0.3, 0.4) is 0 Å². The largest absolute Gasteiger partial charge is 0.451 e. The fourth-order valence-corrected chi connectivity index (χ4v) is 2.20. The van der Waals surface area contributed by atoms with Gasteiger partial charge in [-0.25, -0.2) is 19.3 Å². The van der Waals surface area contributed by atoms with Crippen LogP contribution in [0.5, 0.6) is 0 Å². The standard InChI is InChI=1S/C14H10F4N4/c1-2-10-19-6-7-22(10)12-8-4-3-5-9(15)11(8)20-13(21-12)14(16,17)18/h3-7H,2H2,1H3. The third-order valence-corrected chi connectivity index (χ3v) is 3.17. The first-order chi connectivity index (χ1) is 10.4. The molecule has 0 aliphatic heterocycles. The predicted molar refractivity (Wildman–Crippen MR) is 71.0 cm³/mol. The molecule has 0 aliphatic carbocycles. The van der Waals surface area contributed by atoms with Gasteiger partial charge in [0, 0.05) is 24.2 Å². The molecule has 2 aromatic heterocycles. The van der Waals surface area contributed by atoms with Crippen LogP contribution in [0, 0.1) is 5.82 Å². The second-order valence-corrected chi connectivity index (χ2v) is 4.57. The quantitative estimate of drug-likeness (QED) is 0.680. The number of imidazole rings is 1. The molecule has 8 heteroatoms. The molecule has 0 radical (unpaired) electrons. The second kappa shape index (κ2) is 5.04. The number of nitrogens with zero attached hydrogens (tertiary/aromatic N) is 4. The Balaban J connectivity index is 2.40. The minimum atomic E-state index is -4.77. The number of benzene rings is 1.